The number of carbonyl (C=O) groups excluding carboxylic acids is 1. The number of benzene rings is 1. The van der Waals surface area contributed by atoms with E-state index >= 15 is 0 Å². The minimum absolute atomic E-state index is 0.152. The summed E-state index contributed by atoms with van der Waals surface area (Å²) < 4.78 is 53.1. The lowest BCUT2D eigenvalue weighted by Gasteiger charge is -2.18. The molecular weight excluding hydrogens is 386 g/mol. The Morgan fingerprint density at radius 3 is 2.25 bits per heavy atom. The van der Waals surface area contributed by atoms with Gasteiger partial charge in [-0.3, -0.25) is 14.4 Å². The Morgan fingerprint density at radius 1 is 1.07 bits per heavy atom. The van der Waals surface area contributed by atoms with E-state index in [9.17, 15) is 31.9 Å². The molecule has 1 fully saturated rings. The summed E-state index contributed by atoms with van der Waals surface area (Å²) in [6, 6.07) is 6.67. The average molecular weight is 399 g/mol. The Bertz CT molecular complexity index is 972. The molecule has 1 aliphatic heterocycles. The second kappa shape index (κ2) is 7.06. The molecule has 2 atom stereocenters. The van der Waals surface area contributed by atoms with Crippen molar-refractivity contribution in [3.8, 4) is 5.69 Å². The van der Waals surface area contributed by atoms with Gasteiger partial charge in [-0.1, -0.05) is 0 Å². The number of carboxylic acids is 1. The summed E-state index contributed by atoms with van der Waals surface area (Å²) in [6.07, 6.45) is -4.78. The first-order valence-electron chi connectivity index (χ1n) is 8.03. The highest BCUT2D eigenvalue weighted by Crippen LogP contribution is 2.38. The second-order valence-electron chi connectivity index (χ2n) is 6.25. The highest BCUT2D eigenvalue weighted by atomic mass is 19.4. The van der Waals surface area contributed by atoms with E-state index in [-0.39, 0.29) is 11.4 Å². The van der Waals surface area contributed by atoms with E-state index in [1.54, 1.807) is 0 Å². The van der Waals surface area contributed by atoms with Crippen molar-refractivity contribution >= 4 is 11.9 Å². The number of amides is 1. The maximum absolute atomic E-state index is 13.1. The summed E-state index contributed by atoms with van der Waals surface area (Å²) in [7, 11) is 0. The molecule has 0 saturated carbocycles. The van der Waals surface area contributed by atoms with Crippen LogP contribution >= 0.6 is 0 Å². The minimum atomic E-state index is -4.78. The van der Waals surface area contributed by atoms with Crippen LogP contribution in [-0.2, 0) is 4.79 Å². The number of carbonyl (C=O) groups is 2. The highest BCUT2D eigenvalue weighted by Gasteiger charge is 2.53. The number of hydrogen-bond donors (Lipinski definition) is 1. The van der Waals surface area contributed by atoms with Crippen LogP contribution < -0.4 is 5.56 Å². The third-order valence-corrected chi connectivity index (χ3v) is 4.44. The molecule has 148 valence electrons. The Hall–Kier alpha value is -3.24. The Morgan fingerprint density at radius 2 is 1.71 bits per heavy atom. The van der Waals surface area contributed by atoms with Gasteiger partial charge in [0.1, 0.15) is 11.5 Å². The van der Waals surface area contributed by atoms with E-state index in [2.05, 4.69) is 5.10 Å². The average Bonchev–Trinajstić information content (AvgIpc) is 3.08. The smallest absolute Gasteiger partial charge is 0.394 e. The van der Waals surface area contributed by atoms with E-state index < -0.39 is 54.4 Å². The van der Waals surface area contributed by atoms with Crippen molar-refractivity contribution in [2.75, 3.05) is 13.1 Å². The zero-order valence-corrected chi connectivity index (χ0v) is 14.1. The molecule has 0 aliphatic carbocycles. The third kappa shape index (κ3) is 3.73. The minimum Gasteiger partial charge on any atom is -0.481 e. The maximum atomic E-state index is 13.1. The van der Waals surface area contributed by atoms with Gasteiger partial charge in [-0.2, -0.15) is 23.0 Å². The maximum Gasteiger partial charge on any atom is 0.394 e. The first-order valence-corrected chi connectivity index (χ1v) is 8.03. The summed E-state index contributed by atoms with van der Waals surface area (Å²) >= 11 is 0. The van der Waals surface area contributed by atoms with Crippen molar-refractivity contribution in [2.24, 2.45) is 11.8 Å². The largest absolute Gasteiger partial charge is 0.481 e. The van der Waals surface area contributed by atoms with Crippen LogP contribution in [0.5, 0.6) is 0 Å². The van der Waals surface area contributed by atoms with Crippen LogP contribution in [0.2, 0.25) is 0 Å². The van der Waals surface area contributed by atoms with Gasteiger partial charge in [-0.05, 0) is 30.3 Å². The van der Waals surface area contributed by atoms with Gasteiger partial charge in [0.2, 0.25) is 0 Å². The van der Waals surface area contributed by atoms with E-state index in [1.165, 1.54) is 12.1 Å². The molecule has 1 amide bonds. The molecule has 1 aliphatic rings. The lowest BCUT2D eigenvalue weighted by Crippen LogP contribution is -2.34. The standard InChI is InChI=1S/C17H13F4N3O4/c18-9-1-3-10(4-2-9)24-14(25)6-5-13(22-24)15(26)23-7-11(16(27)28)12(8-23)17(19,20)21/h1-6,11-12H,7-8H2,(H,27,28)/t11-,12-/m1/s1. The fourth-order valence-electron chi connectivity index (χ4n) is 3.01. The highest BCUT2D eigenvalue weighted by molar-refractivity contribution is 5.93. The predicted molar refractivity (Wildman–Crippen MR) is 86.4 cm³/mol. The summed E-state index contributed by atoms with van der Waals surface area (Å²) in [4.78, 5) is 36.4. The van der Waals surface area contributed by atoms with Crippen molar-refractivity contribution in [1.82, 2.24) is 14.7 Å². The molecule has 0 spiro atoms. The second-order valence-corrected chi connectivity index (χ2v) is 6.25. The molecule has 2 aromatic rings. The Kier molecular flexibility index (Phi) is 4.92. The normalized spacial score (nSPS) is 19.6. The zero-order valence-electron chi connectivity index (χ0n) is 14.1. The van der Waals surface area contributed by atoms with Gasteiger partial charge in [-0.15, -0.1) is 0 Å². The van der Waals surface area contributed by atoms with Crippen LogP contribution in [0.4, 0.5) is 17.6 Å². The lowest BCUT2D eigenvalue weighted by atomic mass is 9.96. The lowest BCUT2D eigenvalue weighted by molar-refractivity contribution is -0.187. The van der Waals surface area contributed by atoms with Crippen LogP contribution in [0.25, 0.3) is 5.69 Å². The van der Waals surface area contributed by atoms with E-state index in [1.807, 2.05) is 0 Å². The number of aliphatic carboxylic acids is 1. The molecule has 7 nitrogen and oxygen atoms in total. The van der Waals surface area contributed by atoms with Crippen LogP contribution in [0.1, 0.15) is 10.5 Å². The molecule has 1 aromatic heterocycles. The molecule has 3 rings (SSSR count). The van der Waals surface area contributed by atoms with E-state index in [0.717, 1.165) is 33.8 Å². The SMILES string of the molecule is O=C(O)[C@@H]1CN(C(=O)c2ccc(=O)n(-c3ccc(F)cc3)n2)C[C@H]1C(F)(F)F. The van der Waals surface area contributed by atoms with Gasteiger partial charge in [0.25, 0.3) is 11.5 Å². The van der Waals surface area contributed by atoms with Gasteiger partial charge in [0, 0.05) is 19.2 Å². The monoisotopic (exact) mass is 399 g/mol. The number of hydrogen-bond acceptors (Lipinski definition) is 4. The molecule has 0 radical (unpaired) electrons. The summed E-state index contributed by atoms with van der Waals surface area (Å²) in [5.74, 6) is -7.13. The number of aromatic nitrogens is 2. The summed E-state index contributed by atoms with van der Waals surface area (Å²) in [6.45, 7) is -1.45. The van der Waals surface area contributed by atoms with Gasteiger partial charge >= 0.3 is 12.1 Å². The fourth-order valence-corrected chi connectivity index (χ4v) is 3.01. The molecule has 2 heterocycles. The van der Waals surface area contributed by atoms with E-state index in [0.29, 0.717) is 0 Å². The van der Waals surface area contributed by atoms with Crippen molar-refractivity contribution in [2.45, 2.75) is 6.18 Å². The number of likely N-dealkylation sites (tertiary alicyclic amines) is 1. The van der Waals surface area contributed by atoms with Crippen molar-refractivity contribution in [3.63, 3.8) is 0 Å². The van der Waals surface area contributed by atoms with Crippen molar-refractivity contribution in [3.05, 3.63) is 58.3 Å². The first-order chi connectivity index (χ1) is 13.1. The fraction of sp³-hybridized carbons (Fsp3) is 0.294. The number of alkyl halides is 3. The zero-order chi connectivity index (χ0) is 20.6. The number of rotatable bonds is 3. The third-order valence-electron chi connectivity index (χ3n) is 4.44. The predicted octanol–water partition coefficient (Wildman–Crippen LogP) is 1.71. The number of carboxylic acid groups (broad SMARTS) is 1. The molecule has 0 bridgehead atoms. The van der Waals surface area contributed by atoms with E-state index in [4.69, 9.17) is 5.11 Å². The van der Waals surface area contributed by atoms with Crippen LogP contribution in [-0.4, -0.2) is 50.9 Å². The van der Waals surface area contributed by atoms with Gasteiger partial charge in [0.15, 0.2) is 0 Å². The molecular formula is C17H13F4N3O4. The van der Waals surface area contributed by atoms with Crippen LogP contribution in [0.15, 0.2) is 41.2 Å². The molecule has 1 N–H and O–H groups in total. The summed E-state index contributed by atoms with van der Waals surface area (Å²) in [5.41, 5.74) is -0.823. The van der Waals surface area contributed by atoms with Gasteiger partial charge in [0.05, 0.1) is 17.5 Å². The molecule has 1 saturated heterocycles. The summed E-state index contributed by atoms with van der Waals surface area (Å²) in [5, 5.41) is 12.9. The Balaban J connectivity index is 1.91. The van der Waals surface area contributed by atoms with Crippen molar-refractivity contribution in [1.29, 1.82) is 0 Å². The molecule has 11 heteroatoms. The van der Waals surface area contributed by atoms with Gasteiger partial charge < -0.3 is 10.0 Å². The van der Waals surface area contributed by atoms with Crippen LogP contribution in [0.3, 0.4) is 0 Å². The quantitative estimate of drug-likeness (QED) is 0.794. The number of nitrogens with zero attached hydrogens (tertiary/aromatic N) is 3. The molecule has 28 heavy (non-hydrogen) atoms. The topological polar surface area (TPSA) is 92.5 Å². The molecule has 1 aromatic carbocycles. The van der Waals surface area contributed by atoms with Gasteiger partial charge in [-0.25, -0.2) is 4.39 Å². The molecule has 0 unspecified atom stereocenters. The van der Waals surface area contributed by atoms with Crippen LogP contribution in [0, 0.1) is 17.7 Å². The van der Waals surface area contributed by atoms with Crippen molar-refractivity contribution < 1.29 is 32.3 Å². The number of halogens is 4. The Labute approximate surface area is 154 Å². The first kappa shape index (κ1) is 19.5.